The van der Waals surface area contributed by atoms with Gasteiger partial charge < -0.3 is 5.32 Å². The van der Waals surface area contributed by atoms with E-state index in [-0.39, 0.29) is 5.91 Å². The van der Waals surface area contributed by atoms with Gasteiger partial charge in [0.1, 0.15) is 0 Å². The highest BCUT2D eigenvalue weighted by molar-refractivity contribution is 9.10. The SMILES string of the molecule is Cc1cc(Br)cc(C(=O)NCC2CCCCC2CCl)c1. The molecule has 1 fully saturated rings. The Kier molecular flexibility index (Phi) is 5.91. The Bertz CT molecular complexity index is 457. The fraction of sp³-hybridized carbons (Fsp3) is 0.562. The summed E-state index contributed by atoms with van der Waals surface area (Å²) in [4.78, 5) is 12.2. The quantitative estimate of drug-likeness (QED) is 0.787. The maximum atomic E-state index is 12.2. The molecule has 1 aromatic rings. The summed E-state index contributed by atoms with van der Waals surface area (Å²) >= 11 is 9.46. The molecule has 0 saturated heterocycles. The van der Waals surface area contributed by atoms with E-state index in [9.17, 15) is 4.79 Å². The second-order valence-corrected chi connectivity index (χ2v) is 6.91. The molecule has 110 valence electrons. The minimum absolute atomic E-state index is 0.00768. The second kappa shape index (κ2) is 7.46. The number of amides is 1. The molecule has 0 spiro atoms. The average molecular weight is 359 g/mol. The Morgan fingerprint density at radius 3 is 2.65 bits per heavy atom. The first kappa shape index (κ1) is 15.8. The van der Waals surface area contributed by atoms with Gasteiger partial charge in [0.15, 0.2) is 0 Å². The number of benzene rings is 1. The molecule has 1 amide bonds. The van der Waals surface area contributed by atoms with Gasteiger partial charge in [0.2, 0.25) is 0 Å². The minimum Gasteiger partial charge on any atom is -0.352 e. The zero-order valence-corrected chi connectivity index (χ0v) is 14.1. The summed E-state index contributed by atoms with van der Waals surface area (Å²) in [7, 11) is 0. The van der Waals surface area contributed by atoms with Crippen LogP contribution in [0, 0.1) is 18.8 Å². The van der Waals surface area contributed by atoms with Crippen LogP contribution in [0.5, 0.6) is 0 Å². The zero-order valence-electron chi connectivity index (χ0n) is 11.8. The van der Waals surface area contributed by atoms with Crippen LogP contribution < -0.4 is 5.32 Å². The number of carbonyl (C=O) groups excluding carboxylic acids is 1. The maximum Gasteiger partial charge on any atom is 0.251 e. The van der Waals surface area contributed by atoms with Crippen molar-refractivity contribution in [1.82, 2.24) is 5.32 Å². The van der Waals surface area contributed by atoms with Crippen LogP contribution in [0.1, 0.15) is 41.6 Å². The molecule has 2 unspecified atom stereocenters. The summed E-state index contributed by atoms with van der Waals surface area (Å²) < 4.78 is 0.943. The Morgan fingerprint density at radius 2 is 2.00 bits per heavy atom. The fourth-order valence-electron chi connectivity index (χ4n) is 2.95. The fourth-order valence-corrected chi connectivity index (χ4v) is 3.96. The Balaban J connectivity index is 1.94. The topological polar surface area (TPSA) is 29.1 Å². The van der Waals surface area contributed by atoms with Gasteiger partial charge in [-0.2, -0.15) is 0 Å². The van der Waals surface area contributed by atoms with Crippen molar-refractivity contribution >= 4 is 33.4 Å². The number of hydrogen-bond donors (Lipinski definition) is 1. The molecule has 2 rings (SSSR count). The Hall–Kier alpha value is -0.540. The number of hydrogen-bond acceptors (Lipinski definition) is 1. The molecule has 0 aliphatic heterocycles. The number of nitrogens with one attached hydrogen (secondary N) is 1. The van der Waals surface area contributed by atoms with Gasteiger partial charge in [0, 0.05) is 22.5 Å². The van der Waals surface area contributed by atoms with Crippen LogP contribution in [0.2, 0.25) is 0 Å². The lowest BCUT2D eigenvalue weighted by molar-refractivity contribution is 0.0936. The number of alkyl halides is 1. The first-order valence-corrected chi connectivity index (χ1v) is 8.54. The summed E-state index contributed by atoms with van der Waals surface area (Å²) in [5, 5.41) is 3.07. The van der Waals surface area contributed by atoms with E-state index in [2.05, 4.69) is 21.2 Å². The van der Waals surface area contributed by atoms with E-state index in [0.29, 0.717) is 17.7 Å². The van der Waals surface area contributed by atoms with Crippen LogP contribution in [0.25, 0.3) is 0 Å². The lowest BCUT2D eigenvalue weighted by atomic mass is 9.80. The summed E-state index contributed by atoms with van der Waals surface area (Å²) in [6.07, 6.45) is 4.89. The number of aryl methyl sites for hydroxylation is 1. The van der Waals surface area contributed by atoms with Crippen molar-refractivity contribution in [2.75, 3.05) is 12.4 Å². The smallest absolute Gasteiger partial charge is 0.251 e. The molecular formula is C16H21BrClNO. The van der Waals surface area contributed by atoms with Crippen LogP contribution in [-0.2, 0) is 0 Å². The highest BCUT2D eigenvalue weighted by atomic mass is 79.9. The van der Waals surface area contributed by atoms with Crippen molar-refractivity contribution in [2.24, 2.45) is 11.8 Å². The first-order chi connectivity index (χ1) is 9.60. The molecule has 20 heavy (non-hydrogen) atoms. The third-order valence-electron chi connectivity index (χ3n) is 4.09. The Labute approximate surface area is 134 Å². The minimum atomic E-state index is 0.00768. The van der Waals surface area contributed by atoms with Crippen LogP contribution in [-0.4, -0.2) is 18.3 Å². The third-order valence-corrected chi connectivity index (χ3v) is 4.95. The summed E-state index contributed by atoms with van der Waals surface area (Å²) in [5.41, 5.74) is 1.80. The van der Waals surface area contributed by atoms with Gasteiger partial charge in [-0.3, -0.25) is 4.79 Å². The van der Waals surface area contributed by atoms with E-state index in [0.717, 1.165) is 22.1 Å². The molecule has 0 heterocycles. The summed E-state index contributed by atoms with van der Waals surface area (Å²) in [6, 6.07) is 5.78. The molecule has 0 aromatic heterocycles. The van der Waals surface area contributed by atoms with Crippen LogP contribution >= 0.6 is 27.5 Å². The lowest BCUT2D eigenvalue weighted by Gasteiger charge is -2.30. The summed E-state index contributed by atoms with van der Waals surface area (Å²) in [6.45, 7) is 2.73. The van der Waals surface area contributed by atoms with Crippen LogP contribution in [0.3, 0.4) is 0 Å². The van der Waals surface area contributed by atoms with E-state index in [1.54, 1.807) is 0 Å². The molecule has 1 N–H and O–H groups in total. The molecule has 2 atom stereocenters. The van der Waals surface area contributed by atoms with Gasteiger partial charge in [-0.05, 0) is 55.4 Å². The maximum absolute atomic E-state index is 12.2. The normalized spacial score (nSPS) is 22.6. The largest absolute Gasteiger partial charge is 0.352 e. The molecule has 0 bridgehead atoms. The molecule has 2 nitrogen and oxygen atoms in total. The lowest BCUT2D eigenvalue weighted by Crippen LogP contribution is -2.34. The Morgan fingerprint density at radius 1 is 1.30 bits per heavy atom. The highest BCUT2D eigenvalue weighted by Crippen LogP contribution is 2.30. The summed E-state index contributed by atoms with van der Waals surface area (Å²) in [5.74, 6) is 1.79. The first-order valence-electron chi connectivity index (χ1n) is 7.21. The molecule has 4 heteroatoms. The van der Waals surface area contributed by atoms with Crippen molar-refractivity contribution in [3.8, 4) is 0 Å². The number of rotatable bonds is 4. The molecule has 1 aliphatic carbocycles. The highest BCUT2D eigenvalue weighted by Gasteiger charge is 2.24. The van der Waals surface area contributed by atoms with E-state index in [1.165, 1.54) is 25.7 Å². The zero-order chi connectivity index (χ0) is 14.5. The molecule has 1 aliphatic rings. The van der Waals surface area contributed by atoms with Crippen molar-refractivity contribution < 1.29 is 4.79 Å². The van der Waals surface area contributed by atoms with Crippen LogP contribution in [0.15, 0.2) is 22.7 Å². The van der Waals surface area contributed by atoms with Gasteiger partial charge in [-0.15, -0.1) is 11.6 Å². The predicted octanol–water partition coefficient (Wildman–Crippen LogP) is 4.53. The standard InChI is InChI=1S/C16H21BrClNO/c1-11-6-14(8-15(17)7-11)16(20)19-10-13-5-3-2-4-12(13)9-18/h6-8,12-13H,2-5,9-10H2,1H3,(H,19,20). The average Bonchev–Trinajstić information content (AvgIpc) is 2.44. The van der Waals surface area contributed by atoms with Crippen LogP contribution in [0.4, 0.5) is 0 Å². The van der Waals surface area contributed by atoms with Crippen molar-refractivity contribution in [3.05, 3.63) is 33.8 Å². The monoisotopic (exact) mass is 357 g/mol. The number of carbonyl (C=O) groups is 1. The van der Waals surface area contributed by atoms with Gasteiger partial charge >= 0.3 is 0 Å². The van der Waals surface area contributed by atoms with Crippen molar-refractivity contribution in [3.63, 3.8) is 0 Å². The van der Waals surface area contributed by atoms with Gasteiger partial charge in [0.25, 0.3) is 5.91 Å². The van der Waals surface area contributed by atoms with E-state index in [4.69, 9.17) is 11.6 Å². The van der Waals surface area contributed by atoms with Crippen molar-refractivity contribution in [2.45, 2.75) is 32.6 Å². The van der Waals surface area contributed by atoms with E-state index < -0.39 is 0 Å². The molecular weight excluding hydrogens is 338 g/mol. The van der Waals surface area contributed by atoms with Crippen molar-refractivity contribution in [1.29, 1.82) is 0 Å². The van der Waals surface area contributed by atoms with E-state index in [1.807, 2.05) is 25.1 Å². The van der Waals surface area contributed by atoms with Gasteiger partial charge in [-0.25, -0.2) is 0 Å². The molecule has 1 saturated carbocycles. The predicted molar refractivity (Wildman–Crippen MR) is 87.4 cm³/mol. The van der Waals surface area contributed by atoms with E-state index >= 15 is 0 Å². The van der Waals surface area contributed by atoms with Gasteiger partial charge in [0.05, 0.1) is 0 Å². The number of halogens is 2. The third kappa shape index (κ3) is 4.23. The second-order valence-electron chi connectivity index (χ2n) is 5.69. The molecule has 1 aromatic carbocycles. The van der Waals surface area contributed by atoms with Gasteiger partial charge in [-0.1, -0.05) is 28.8 Å². The molecule has 0 radical (unpaired) electrons.